The number of aromatic nitrogens is 2. The standard InChI is InChI=1S/C22H16N4O/c27-18-8-9-20-19(11-18)22(26-21(25-20)14-4-2-1-3-5-14)24-17-7-6-15-12-23-13-16(15)10-17/h1-11,13,27H,12H2,(H,24,25,26). The average molecular weight is 352 g/mol. The van der Waals surface area contributed by atoms with Crippen molar-refractivity contribution < 1.29 is 5.11 Å². The van der Waals surface area contributed by atoms with Crippen molar-refractivity contribution in [3.63, 3.8) is 0 Å². The summed E-state index contributed by atoms with van der Waals surface area (Å²) in [6.45, 7) is 0.734. The Balaban J connectivity index is 1.65. The van der Waals surface area contributed by atoms with E-state index in [9.17, 15) is 5.11 Å². The van der Waals surface area contributed by atoms with E-state index in [-0.39, 0.29) is 5.75 Å². The molecule has 1 aliphatic heterocycles. The van der Waals surface area contributed by atoms with Crippen LogP contribution in [0.3, 0.4) is 0 Å². The van der Waals surface area contributed by atoms with Gasteiger partial charge in [-0.25, -0.2) is 9.97 Å². The summed E-state index contributed by atoms with van der Waals surface area (Å²) in [6.07, 6.45) is 1.89. The summed E-state index contributed by atoms with van der Waals surface area (Å²) in [5, 5.41) is 14.1. The maximum atomic E-state index is 9.93. The molecule has 0 unspecified atom stereocenters. The molecule has 0 fully saturated rings. The predicted octanol–water partition coefficient (Wildman–Crippen LogP) is 4.68. The zero-order valence-electron chi connectivity index (χ0n) is 14.4. The van der Waals surface area contributed by atoms with Crippen LogP contribution in [0, 0.1) is 0 Å². The Morgan fingerprint density at radius 2 is 1.78 bits per heavy atom. The van der Waals surface area contributed by atoms with E-state index in [1.807, 2.05) is 42.6 Å². The molecule has 0 aliphatic carbocycles. The van der Waals surface area contributed by atoms with Crippen LogP contribution in [0.5, 0.6) is 5.75 Å². The number of hydrogen-bond acceptors (Lipinski definition) is 5. The molecule has 0 saturated carbocycles. The summed E-state index contributed by atoms with van der Waals surface area (Å²) in [4.78, 5) is 13.7. The molecule has 0 saturated heterocycles. The van der Waals surface area contributed by atoms with Crippen LogP contribution >= 0.6 is 0 Å². The summed E-state index contributed by atoms with van der Waals surface area (Å²) >= 11 is 0. The molecule has 0 atom stereocenters. The Labute approximate surface area is 156 Å². The summed E-state index contributed by atoms with van der Waals surface area (Å²) in [5.41, 5.74) is 4.97. The van der Waals surface area contributed by atoms with E-state index in [2.05, 4.69) is 27.4 Å². The van der Waals surface area contributed by atoms with Gasteiger partial charge in [-0.2, -0.15) is 0 Å². The minimum absolute atomic E-state index is 0.183. The number of rotatable bonds is 3. The van der Waals surface area contributed by atoms with E-state index in [1.165, 1.54) is 5.56 Å². The Bertz CT molecular complexity index is 1190. The van der Waals surface area contributed by atoms with Gasteiger partial charge < -0.3 is 10.4 Å². The lowest BCUT2D eigenvalue weighted by atomic mass is 10.1. The van der Waals surface area contributed by atoms with Crippen LogP contribution in [0.15, 0.2) is 71.7 Å². The third-order valence-corrected chi connectivity index (χ3v) is 4.61. The van der Waals surface area contributed by atoms with Crippen LogP contribution in [0.4, 0.5) is 11.5 Å². The lowest BCUT2D eigenvalue weighted by molar-refractivity contribution is 0.476. The SMILES string of the molecule is Oc1ccc2nc(-c3ccccc3)nc(Nc3ccc4c(c3)C=NC4)c2c1. The molecular weight excluding hydrogens is 336 g/mol. The molecule has 4 aromatic rings. The molecule has 1 aliphatic rings. The van der Waals surface area contributed by atoms with Crippen molar-refractivity contribution >= 4 is 28.6 Å². The predicted molar refractivity (Wildman–Crippen MR) is 108 cm³/mol. The normalized spacial score (nSPS) is 12.3. The summed E-state index contributed by atoms with van der Waals surface area (Å²) in [6, 6.07) is 21.1. The lowest BCUT2D eigenvalue weighted by Gasteiger charge is -2.12. The zero-order chi connectivity index (χ0) is 18.2. The quantitative estimate of drug-likeness (QED) is 0.562. The van der Waals surface area contributed by atoms with Crippen LogP contribution in [0.25, 0.3) is 22.3 Å². The first-order valence-corrected chi connectivity index (χ1v) is 8.72. The van der Waals surface area contributed by atoms with Crippen LogP contribution in [-0.2, 0) is 6.54 Å². The first-order chi connectivity index (χ1) is 13.3. The molecule has 5 rings (SSSR count). The number of nitrogens with zero attached hydrogens (tertiary/aromatic N) is 3. The van der Waals surface area contributed by atoms with Gasteiger partial charge in [-0.05, 0) is 41.5 Å². The molecule has 1 aromatic heterocycles. The van der Waals surface area contributed by atoms with Gasteiger partial charge in [-0.1, -0.05) is 36.4 Å². The minimum Gasteiger partial charge on any atom is -0.508 e. The van der Waals surface area contributed by atoms with Crippen molar-refractivity contribution in [1.29, 1.82) is 0 Å². The van der Waals surface area contributed by atoms with Gasteiger partial charge in [0.2, 0.25) is 0 Å². The minimum atomic E-state index is 0.183. The maximum Gasteiger partial charge on any atom is 0.162 e. The monoisotopic (exact) mass is 352 g/mol. The number of benzene rings is 3. The van der Waals surface area contributed by atoms with Crippen molar-refractivity contribution in [3.8, 4) is 17.1 Å². The molecule has 0 spiro atoms. The largest absolute Gasteiger partial charge is 0.508 e. The Hall–Kier alpha value is -3.73. The molecule has 27 heavy (non-hydrogen) atoms. The van der Waals surface area contributed by atoms with Gasteiger partial charge in [0.25, 0.3) is 0 Å². The average Bonchev–Trinajstić information content (AvgIpc) is 3.17. The highest BCUT2D eigenvalue weighted by atomic mass is 16.3. The number of anilines is 2. The second kappa shape index (κ2) is 6.21. The van der Waals surface area contributed by atoms with Crippen LogP contribution < -0.4 is 5.32 Å². The van der Waals surface area contributed by atoms with Crippen LogP contribution in [0.2, 0.25) is 0 Å². The number of nitrogens with one attached hydrogen (secondary N) is 1. The fourth-order valence-corrected chi connectivity index (χ4v) is 3.24. The Morgan fingerprint density at radius 1 is 0.889 bits per heavy atom. The Morgan fingerprint density at radius 3 is 2.67 bits per heavy atom. The summed E-state index contributed by atoms with van der Waals surface area (Å²) in [5.74, 6) is 1.48. The van der Waals surface area contributed by atoms with Gasteiger partial charge in [-0.3, -0.25) is 4.99 Å². The number of hydrogen-bond donors (Lipinski definition) is 2. The first-order valence-electron chi connectivity index (χ1n) is 8.72. The third kappa shape index (κ3) is 2.89. The zero-order valence-corrected chi connectivity index (χ0v) is 14.4. The van der Waals surface area contributed by atoms with Gasteiger partial charge in [0.05, 0.1) is 12.1 Å². The highest BCUT2D eigenvalue weighted by Crippen LogP contribution is 2.30. The molecule has 3 aromatic carbocycles. The van der Waals surface area contributed by atoms with Gasteiger partial charge in [0.15, 0.2) is 5.82 Å². The molecule has 5 heteroatoms. The maximum absolute atomic E-state index is 9.93. The van der Waals surface area contributed by atoms with Gasteiger partial charge in [-0.15, -0.1) is 0 Å². The first kappa shape index (κ1) is 15.5. The smallest absolute Gasteiger partial charge is 0.162 e. The van der Waals surface area contributed by atoms with E-state index in [1.54, 1.807) is 18.2 Å². The lowest BCUT2D eigenvalue weighted by Crippen LogP contribution is -2.00. The fourth-order valence-electron chi connectivity index (χ4n) is 3.24. The molecule has 130 valence electrons. The number of fused-ring (bicyclic) bond motifs is 2. The van der Waals surface area contributed by atoms with Crippen LogP contribution in [-0.4, -0.2) is 21.3 Å². The summed E-state index contributed by atoms with van der Waals surface area (Å²) in [7, 11) is 0. The van der Waals surface area contributed by atoms with Crippen molar-refractivity contribution in [3.05, 3.63) is 77.9 Å². The molecule has 2 N–H and O–H groups in total. The van der Waals surface area contributed by atoms with E-state index in [0.717, 1.165) is 34.3 Å². The van der Waals surface area contributed by atoms with Crippen LogP contribution in [0.1, 0.15) is 11.1 Å². The van der Waals surface area contributed by atoms with E-state index >= 15 is 0 Å². The second-order valence-electron chi connectivity index (χ2n) is 6.47. The van der Waals surface area contributed by atoms with Gasteiger partial charge >= 0.3 is 0 Å². The number of aliphatic imine (C=N–C) groups is 1. The number of aromatic hydroxyl groups is 1. The highest BCUT2D eigenvalue weighted by molar-refractivity contribution is 5.94. The molecule has 2 heterocycles. The highest BCUT2D eigenvalue weighted by Gasteiger charge is 2.12. The molecular formula is C22H16N4O. The van der Waals surface area contributed by atoms with Crippen molar-refractivity contribution in [1.82, 2.24) is 9.97 Å². The van der Waals surface area contributed by atoms with Gasteiger partial charge in [0, 0.05) is 22.9 Å². The third-order valence-electron chi connectivity index (χ3n) is 4.61. The van der Waals surface area contributed by atoms with Crippen molar-refractivity contribution in [2.75, 3.05) is 5.32 Å². The van der Waals surface area contributed by atoms with E-state index in [0.29, 0.717) is 11.6 Å². The van der Waals surface area contributed by atoms with Crippen molar-refractivity contribution in [2.24, 2.45) is 4.99 Å². The van der Waals surface area contributed by atoms with Gasteiger partial charge in [0.1, 0.15) is 11.6 Å². The molecule has 0 amide bonds. The van der Waals surface area contributed by atoms with E-state index < -0.39 is 0 Å². The molecule has 0 radical (unpaired) electrons. The van der Waals surface area contributed by atoms with E-state index in [4.69, 9.17) is 4.98 Å². The Kier molecular flexibility index (Phi) is 3.57. The number of phenolic OH excluding ortho intramolecular Hbond substituents is 1. The van der Waals surface area contributed by atoms with Crippen molar-refractivity contribution in [2.45, 2.75) is 6.54 Å². The topological polar surface area (TPSA) is 70.4 Å². The fraction of sp³-hybridized carbons (Fsp3) is 0.0455. The summed E-state index contributed by atoms with van der Waals surface area (Å²) < 4.78 is 0. The molecule has 5 nitrogen and oxygen atoms in total. The molecule has 0 bridgehead atoms. The number of phenols is 1. The second-order valence-corrected chi connectivity index (χ2v) is 6.47.